The molecule has 0 radical (unpaired) electrons. The van der Waals surface area contributed by atoms with Gasteiger partial charge in [0.1, 0.15) is 12.7 Å². The first-order valence-corrected chi connectivity index (χ1v) is 8.76. The number of nitrogens with zero attached hydrogens (tertiary/aromatic N) is 3. The highest BCUT2D eigenvalue weighted by molar-refractivity contribution is 5.82. The molecule has 0 aliphatic carbocycles. The fraction of sp³-hybridized carbons (Fsp3) is 0.250. The molecule has 2 aromatic carbocycles. The second-order valence-electron chi connectivity index (χ2n) is 6.49. The minimum Gasteiger partial charge on any atom is -0.351 e. The summed E-state index contributed by atoms with van der Waals surface area (Å²) in [6.45, 7) is 1.88. The molecule has 1 aliphatic heterocycles. The van der Waals surface area contributed by atoms with Crippen LogP contribution in [-0.4, -0.2) is 26.7 Å². The van der Waals surface area contributed by atoms with Crippen LogP contribution in [-0.2, 0) is 30.8 Å². The molecule has 0 saturated heterocycles. The van der Waals surface area contributed by atoms with E-state index in [0.717, 1.165) is 24.1 Å². The number of carbonyl (C=O) groups is 1. The highest BCUT2D eigenvalue weighted by atomic mass is 16.2. The standard InChI is InChI=1S/C20H21N5O/c26-20(19-9-15-5-1-2-6-16(15)10-22-19)23-11-17-7-3-4-8-18(17)12-25-14-21-13-24-25/h1-8,13-14,19,22H,9-12H2,(H,23,26). The van der Waals surface area contributed by atoms with Gasteiger partial charge >= 0.3 is 0 Å². The number of fused-ring (bicyclic) bond motifs is 1. The highest BCUT2D eigenvalue weighted by Gasteiger charge is 2.23. The van der Waals surface area contributed by atoms with E-state index in [0.29, 0.717) is 13.1 Å². The van der Waals surface area contributed by atoms with Crippen LogP contribution in [0.15, 0.2) is 61.2 Å². The first kappa shape index (κ1) is 16.5. The average molecular weight is 347 g/mol. The number of rotatable bonds is 5. The minimum absolute atomic E-state index is 0.0371. The lowest BCUT2D eigenvalue weighted by molar-refractivity contribution is -0.123. The molecule has 0 fully saturated rings. The fourth-order valence-electron chi connectivity index (χ4n) is 3.32. The van der Waals surface area contributed by atoms with Gasteiger partial charge < -0.3 is 10.6 Å². The molecule has 0 saturated carbocycles. The number of nitrogens with one attached hydrogen (secondary N) is 2. The van der Waals surface area contributed by atoms with Gasteiger partial charge in [0.25, 0.3) is 0 Å². The zero-order valence-corrected chi connectivity index (χ0v) is 14.4. The number of hydrogen-bond donors (Lipinski definition) is 2. The van der Waals surface area contributed by atoms with Gasteiger partial charge in [-0.2, -0.15) is 5.10 Å². The molecule has 1 aromatic heterocycles. The third kappa shape index (κ3) is 3.65. The molecule has 0 spiro atoms. The summed E-state index contributed by atoms with van der Waals surface area (Å²) in [5, 5.41) is 10.6. The van der Waals surface area contributed by atoms with Gasteiger partial charge in [-0.25, -0.2) is 9.67 Å². The van der Waals surface area contributed by atoms with Crippen LogP contribution in [0.25, 0.3) is 0 Å². The van der Waals surface area contributed by atoms with Crippen LogP contribution >= 0.6 is 0 Å². The first-order valence-electron chi connectivity index (χ1n) is 8.76. The van der Waals surface area contributed by atoms with E-state index in [4.69, 9.17) is 0 Å². The van der Waals surface area contributed by atoms with Gasteiger partial charge in [-0.15, -0.1) is 0 Å². The Morgan fingerprint density at radius 3 is 2.69 bits per heavy atom. The molecule has 132 valence electrons. The molecule has 1 aliphatic rings. The lowest BCUT2D eigenvalue weighted by atomic mass is 9.95. The Balaban J connectivity index is 1.39. The van der Waals surface area contributed by atoms with Gasteiger partial charge in [0.2, 0.25) is 5.91 Å². The molecule has 1 amide bonds. The minimum atomic E-state index is -0.188. The predicted molar refractivity (Wildman–Crippen MR) is 98.2 cm³/mol. The van der Waals surface area contributed by atoms with E-state index in [1.807, 2.05) is 30.3 Å². The molecular formula is C20H21N5O. The quantitative estimate of drug-likeness (QED) is 0.736. The lowest BCUT2D eigenvalue weighted by Gasteiger charge is -2.25. The molecule has 6 nitrogen and oxygen atoms in total. The molecule has 2 N–H and O–H groups in total. The van der Waals surface area contributed by atoms with Crippen molar-refractivity contribution in [3.8, 4) is 0 Å². The van der Waals surface area contributed by atoms with Crippen molar-refractivity contribution < 1.29 is 4.79 Å². The lowest BCUT2D eigenvalue weighted by Crippen LogP contribution is -2.47. The van der Waals surface area contributed by atoms with Gasteiger partial charge in [-0.3, -0.25) is 4.79 Å². The van der Waals surface area contributed by atoms with E-state index in [2.05, 4.69) is 38.9 Å². The summed E-state index contributed by atoms with van der Waals surface area (Å²) in [5.41, 5.74) is 4.74. The van der Waals surface area contributed by atoms with Crippen molar-refractivity contribution in [2.45, 2.75) is 32.1 Å². The number of amides is 1. The van der Waals surface area contributed by atoms with E-state index in [1.165, 1.54) is 17.5 Å². The van der Waals surface area contributed by atoms with Crippen molar-refractivity contribution in [2.75, 3.05) is 0 Å². The van der Waals surface area contributed by atoms with Crippen molar-refractivity contribution in [1.82, 2.24) is 25.4 Å². The zero-order valence-electron chi connectivity index (χ0n) is 14.4. The Bertz CT molecular complexity index is 891. The van der Waals surface area contributed by atoms with Gasteiger partial charge in [-0.1, -0.05) is 48.5 Å². The normalized spacial score (nSPS) is 16.1. The number of carbonyl (C=O) groups excluding carboxylic acids is 1. The van der Waals surface area contributed by atoms with Crippen LogP contribution in [0.5, 0.6) is 0 Å². The van der Waals surface area contributed by atoms with Crippen LogP contribution < -0.4 is 10.6 Å². The second kappa shape index (κ2) is 7.49. The predicted octanol–water partition coefficient (Wildman–Crippen LogP) is 1.66. The van der Waals surface area contributed by atoms with Crippen molar-refractivity contribution in [3.05, 3.63) is 83.4 Å². The van der Waals surface area contributed by atoms with Gasteiger partial charge in [0.05, 0.1) is 12.6 Å². The van der Waals surface area contributed by atoms with Crippen LogP contribution in [0.1, 0.15) is 22.3 Å². The van der Waals surface area contributed by atoms with E-state index in [-0.39, 0.29) is 11.9 Å². The molecule has 2 heterocycles. The average Bonchev–Trinajstić information content (AvgIpc) is 3.20. The second-order valence-corrected chi connectivity index (χ2v) is 6.49. The van der Waals surface area contributed by atoms with Crippen LogP contribution in [0, 0.1) is 0 Å². The highest BCUT2D eigenvalue weighted by Crippen LogP contribution is 2.16. The summed E-state index contributed by atoms with van der Waals surface area (Å²) < 4.78 is 1.78. The van der Waals surface area contributed by atoms with E-state index < -0.39 is 0 Å². The van der Waals surface area contributed by atoms with Crippen LogP contribution in [0.4, 0.5) is 0 Å². The molecular weight excluding hydrogens is 326 g/mol. The Morgan fingerprint density at radius 1 is 1.12 bits per heavy atom. The van der Waals surface area contributed by atoms with Gasteiger partial charge in [0.15, 0.2) is 0 Å². The molecule has 0 bridgehead atoms. The summed E-state index contributed by atoms with van der Waals surface area (Å²) >= 11 is 0. The van der Waals surface area contributed by atoms with E-state index in [1.54, 1.807) is 11.0 Å². The summed E-state index contributed by atoms with van der Waals surface area (Å²) in [6.07, 6.45) is 3.94. The molecule has 6 heteroatoms. The van der Waals surface area contributed by atoms with Gasteiger partial charge in [-0.05, 0) is 28.7 Å². The number of aromatic nitrogens is 3. The van der Waals surface area contributed by atoms with Crippen molar-refractivity contribution in [3.63, 3.8) is 0 Å². The summed E-state index contributed by atoms with van der Waals surface area (Å²) in [4.78, 5) is 16.6. The Kier molecular flexibility index (Phi) is 4.75. The maximum absolute atomic E-state index is 12.6. The van der Waals surface area contributed by atoms with Crippen molar-refractivity contribution >= 4 is 5.91 Å². The maximum Gasteiger partial charge on any atom is 0.237 e. The van der Waals surface area contributed by atoms with Crippen molar-refractivity contribution in [1.29, 1.82) is 0 Å². The fourth-order valence-corrected chi connectivity index (χ4v) is 3.32. The maximum atomic E-state index is 12.6. The molecule has 1 atom stereocenters. The smallest absolute Gasteiger partial charge is 0.237 e. The summed E-state index contributed by atoms with van der Waals surface area (Å²) in [7, 11) is 0. The Labute approximate surface area is 152 Å². The van der Waals surface area contributed by atoms with E-state index in [9.17, 15) is 4.79 Å². The third-order valence-corrected chi connectivity index (χ3v) is 4.77. The Hall–Kier alpha value is -2.99. The largest absolute Gasteiger partial charge is 0.351 e. The third-order valence-electron chi connectivity index (χ3n) is 4.77. The zero-order chi connectivity index (χ0) is 17.8. The summed E-state index contributed by atoms with van der Waals surface area (Å²) in [5.74, 6) is 0.0371. The van der Waals surface area contributed by atoms with Crippen LogP contribution in [0.2, 0.25) is 0 Å². The monoisotopic (exact) mass is 347 g/mol. The topological polar surface area (TPSA) is 71.8 Å². The Morgan fingerprint density at radius 2 is 1.88 bits per heavy atom. The number of benzene rings is 2. The van der Waals surface area contributed by atoms with Crippen LogP contribution in [0.3, 0.4) is 0 Å². The SMILES string of the molecule is O=C(NCc1ccccc1Cn1cncn1)C1Cc2ccccc2CN1. The molecule has 1 unspecified atom stereocenters. The first-order chi connectivity index (χ1) is 12.8. The van der Waals surface area contributed by atoms with E-state index >= 15 is 0 Å². The van der Waals surface area contributed by atoms with Crippen molar-refractivity contribution in [2.24, 2.45) is 0 Å². The number of hydrogen-bond acceptors (Lipinski definition) is 4. The molecule has 4 rings (SSSR count). The van der Waals surface area contributed by atoms with Gasteiger partial charge in [0, 0.05) is 13.1 Å². The molecule has 3 aromatic rings. The molecule has 26 heavy (non-hydrogen) atoms. The summed E-state index contributed by atoms with van der Waals surface area (Å²) in [6, 6.07) is 16.2.